The third-order valence-corrected chi connectivity index (χ3v) is 2.44. The number of hydrogen-bond acceptors (Lipinski definition) is 2. The van der Waals surface area contributed by atoms with Gasteiger partial charge < -0.3 is 5.32 Å². The van der Waals surface area contributed by atoms with Crippen LogP contribution in [0.4, 0.5) is 0 Å². The van der Waals surface area contributed by atoms with Gasteiger partial charge in [-0.3, -0.25) is 4.79 Å². The summed E-state index contributed by atoms with van der Waals surface area (Å²) in [4.78, 5) is 11.4. The molecular weight excluding hydrogens is 186 g/mol. The number of Topliss-reactive ketones (excluding diaryl/α,β-unsaturated/α-hetero) is 1. The summed E-state index contributed by atoms with van der Waals surface area (Å²) in [6.45, 7) is 9.17. The molecule has 2 nitrogen and oxygen atoms in total. The molecule has 90 valence electrons. The number of carbonyl (C=O) groups excluding carboxylic acids is 1. The Balaban J connectivity index is 3.24. The molecule has 0 aromatic carbocycles. The minimum absolute atomic E-state index is 0.355. The van der Waals surface area contributed by atoms with Crippen LogP contribution < -0.4 is 5.32 Å². The Bertz CT molecular complexity index is 164. The van der Waals surface area contributed by atoms with Crippen molar-refractivity contribution in [1.82, 2.24) is 5.32 Å². The van der Waals surface area contributed by atoms with Gasteiger partial charge in [0.15, 0.2) is 0 Å². The van der Waals surface area contributed by atoms with Gasteiger partial charge >= 0.3 is 0 Å². The molecule has 0 saturated carbocycles. The van der Waals surface area contributed by atoms with E-state index in [1.54, 1.807) is 0 Å². The minimum Gasteiger partial charge on any atom is -0.308 e. The first kappa shape index (κ1) is 14.6. The molecule has 0 radical (unpaired) electrons. The first-order valence-corrected chi connectivity index (χ1v) is 6.27. The lowest BCUT2D eigenvalue weighted by atomic mass is 10.0. The molecule has 0 fully saturated rings. The lowest BCUT2D eigenvalue weighted by Crippen LogP contribution is -2.28. The molecule has 15 heavy (non-hydrogen) atoms. The van der Waals surface area contributed by atoms with Crippen molar-refractivity contribution >= 4 is 5.78 Å². The van der Waals surface area contributed by atoms with Gasteiger partial charge in [0.1, 0.15) is 5.78 Å². The number of hydrogen-bond donors (Lipinski definition) is 1. The molecule has 0 bridgehead atoms. The van der Waals surface area contributed by atoms with Crippen LogP contribution in [0, 0.1) is 5.92 Å². The van der Waals surface area contributed by atoms with E-state index < -0.39 is 0 Å². The summed E-state index contributed by atoms with van der Waals surface area (Å²) >= 11 is 0. The fraction of sp³-hybridized carbons (Fsp3) is 0.923. The highest BCUT2D eigenvalue weighted by Crippen LogP contribution is 2.09. The minimum atomic E-state index is 0.355. The van der Waals surface area contributed by atoms with E-state index in [1.165, 1.54) is 19.3 Å². The van der Waals surface area contributed by atoms with Crippen molar-refractivity contribution in [3.05, 3.63) is 0 Å². The standard InChI is InChI=1S/C13H27NO/c1-11(2)8-6-5-7-9-13(15)10-14-12(3)4/h11-12,14H,5-10H2,1-4H3. The van der Waals surface area contributed by atoms with Crippen LogP contribution in [0.3, 0.4) is 0 Å². The highest BCUT2D eigenvalue weighted by molar-refractivity contribution is 5.80. The Morgan fingerprint density at radius 2 is 1.73 bits per heavy atom. The van der Waals surface area contributed by atoms with Crippen LogP contribution >= 0.6 is 0 Å². The number of unbranched alkanes of at least 4 members (excludes halogenated alkanes) is 2. The Kier molecular flexibility index (Phi) is 8.68. The van der Waals surface area contributed by atoms with E-state index in [4.69, 9.17) is 0 Å². The number of ketones is 1. The predicted molar refractivity (Wildman–Crippen MR) is 66.1 cm³/mol. The second kappa shape index (κ2) is 8.90. The van der Waals surface area contributed by atoms with Crippen LogP contribution in [-0.2, 0) is 4.79 Å². The van der Waals surface area contributed by atoms with Crippen LogP contribution in [0.5, 0.6) is 0 Å². The number of carbonyl (C=O) groups is 1. The van der Waals surface area contributed by atoms with Crippen LogP contribution in [0.1, 0.15) is 59.8 Å². The van der Waals surface area contributed by atoms with Gasteiger partial charge in [-0.2, -0.15) is 0 Å². The van der Waals surface area contributed by atoms with Crippen molar-refractivity contribution < 1.29 is 4.79 Å². The highest BCUT2D eigenvalue weighted by Gasteiger charge is 2.02. The molecule has 1 N–H and O–H groups in total. The average molecular weight is 213 g/mol. The van der Waals surface area contributed by atoms with Crippen LogP contribution in [0.15, 0.2) is 0 Å². The highest BCUT2D eigenvalue weighted by atomic mass is 16.1. The summed E-state index contributed by atoms with van der Waals surface area (Å²) < 4.78 is 0. The van der Waals surface area contributed by atoms with E-state index in [9.17, 15) is 4.79 Å². The van der Waals surface area contributed by atoms with Crippen molar-refractivity contribution in [2.45, 2.75) is 65.8 Å². The molecule has 0 aliphatic heterocycles. The van der Waals surface area contributed by atoms with Gasteiger partial charge in [-0.05, 0) is 12.3 Å². The largest absolute Gasteiger partial charge is 0.308 e. The Hall–Kier alpha value is -0.370. The second-order valence-corrected chi connectivity index (χ2v) is 5.07. The van der Waals surface area contributed by atoms with Crippen LogP contribution in [0.25, 0.3) is 0 Å². The topological polar surface area (TPSA) is 29.1 Å². The van der Waals surface area contributed by atoms with Crippen molar-refractivity contribution in [1.29, 1.82) is 0 Å². The average Bonchev–Trinajstić information content (AvgIpc) is 2.13. The molecular formula is C13H27NO. The molecule has 0 aromatic rings. The third kappa shape index (κ3) is 11.6. The third-order valence-electron chi connectivity index (χ3n) is 2.44. The monoisotopic (exact) mass is 213 g/mol. The summed E-state index contributed by atoms with van der Waals surface area (Å²) in [6, 6.07) is 0.412. The predicted octanol–water partition coefficient (Wildman–Crippen LogP) is 3.16. The van der Waals surface area contributed by atoms with E-state index in [-0.39, 0.29) is 0 Å². The molecule has 0 spiro atoms. The summed E-state index contributed by atoms with van der Waals surface area (Å²) in [5.74, 6) is 1.15. The molecule has 2 heteroatoms. The molecule has 0 saturated heterocycles. The van der Waals surface area contributed by atoms with Gasteiger partial charge in [-0.15, -0.1) is 0 Å². The molecule has 0 aliphatic carbocycles. The molecule has 0 heterocycles. The molecule has 0 aliphatic rings. The Morgan fingerprint density at radius 3 is 2.27 bits per heavy atom. The maximum atomic E-state index is 11.4. The van der Waals surface area contributed by atoms with Gasteiger partial charge in [0, 0.05) is 12.5 Å². The summed E-state index contributed by atoms with van der Waals surface area (Å²) in [5.41, 5.74) is 0. The zero-order valence-corrected chi connectivity index (χ0v) is 10.8. The van der Waals surface area contributed by atoms with Crippen molar-refractivity contribution in [3.8, 4) is 0 Å². The summed E-state index contributed by atoms with van der Waals surface area (Å²) in [5, 5.41) is 3.15. The SMILES string of the molecule is CC(C)CCCCCC(=O)CNC(C)C. The van der Waals surface area contributed by atoms with Crippen LogP contribution in [0.2, 0.25) is 0 Å². The van der Waals surface area contributed by atoms with Gasteiger partial charge in [0.2, 0.25) is 0 Å². The van der Waals surface area contributed by atoms with Gasteiger partial charge in [-0.25, -0.2) is 0 Å². The van der Waals surface area contributed by atoms with Gasteiger partial charge in [0.05, 0.1) is 6.54 Å². The van der Waals surface area contributed by atoms with E-state index in [1.807, 2.05) is 0 Å². The quantitative estimate of drug-likeness (QED) is 0.596. The summed E-state index contributed by atoms with van der Waals surface area (Å²) in [6.07, 6.45) is 5.57. The zero-order chi connectivity index (χ0) is 11.7. The Morgan fingerprint density at radius 1 is 1.07 bits per heavy atom. The van der Waals surface area contributed by atoms with E-state index in [2.05, 4.69) is 33.0 Å². The lowest BCUT2D eigenvalue weighted by Gasteiger charge is -2.07. The van der Waals surface area contributed by atoms with Crippen molar-refractivity contribution in [2.24, 2.45) is 5.92 Å². The fourth-order valence-corrected chi connectivity index (χ4v) is 1.46. The zero-order valence-electron chi connectivity index (χ0n) is 10.8. The van der Waals surface area contributed by atoms with Crippen molar-refractivity contribution in [2.75, 3.05) is 6.54 Å². The van der Waals surface area contributed by atoms with Crippen LogP contribution in [-0.4, -0.2) is 18.4 Å². The molecule has 0 atom stereocenters. The molecule has 0 aromatic heterocycles. The molecule has 0 unspecified atom stereocenters. The first-order chi connectivity index (χ1) is 7.02. The summed E-state index contributed by atoms with van der Waals surface area (Å²) in [7, 11) is 0. The van der Waals surface area contributed by atoms with E-state index in [0.717, 1.165) is 18.8 Å². The molecule has 0 rings (SSSR count). The first-order valence-electron chi connectivity index (χ1n) is 6.27. The second-order valence-electron chi connectivity index (χ2n) is 5.07. The fourth-order valence-electron chi connectivity index (χ4n) is 1.46. The number of nitrogens with one attached hydrogen (secondary N) is 1. The van der Waals surface area contributed by atoms with Gasteiger partial charge in [0.25, 0.3) is 0 Å². The normalized spacial score (nSPS) is 11.3. The Labute approximate surface area is 94.8 Å². The van der Waals surface area contributed by atoms with E-state index >= 15 is 0 Å². The van der Waals surface area contributed by atoms with Crippen molar-refractivity contribution in [3.63, 3.8) is 0 Å². The van der Waals surface area contributed by atoms with Gasteiger partial charge in [-0.1, -0.05) is 47.0 Å². The smallest absolute Gasteiger partial charge is 0.146 e. The number of rotatable bonds is 9. The lowest BCUT2D eigenvalue weighted by molar-refractivity contribution is -0.118. The molecule has 0 amide bonds. The maximum Gasteiger partial charge on any atom is 0.146 e. The maximum absolute atomic E-state index is 11.4. The van der Waals surface area contributed by atoms with E-state index in [0.29, 0.717) is 18.4 Å².